The van der Waals surface area contributed by atoms with E-state index in [0.717, 1.165) is 28.6 Å². The molecular weight excluding hydrogens is 292 g/mol. The van der Waals surface area contributed by atoms with Gasteiger partial charge in [-0.2, -0.15) is 0 Å². The number of carbonyl (C=O) groups excluding carboxylic acids is 1. The molecule has 0 saturated carbocycles. The van der Waals surface area contributed by atoms with Crippen LogP contribution in [0.1, 0.15) is 31.1 Å². The van der Waals surface area contributed by atoms with Crippen LogP contribution in [0.3, 0.4) is 0 Å². The molecule has 4 heteroatoms. The van der Waals surface area contributed by atoms with Gasteiger partial charge in [0, 0.05) is 16.3 Å². The van der Waals surface area contributed by atoms with Gasteiger partial charge in [0.2, 0.25) is 0 Å². The SMILES string of the molecule is COc1ccc(C=O)c2c(O[Si](C)(C)C(C)(C)C)cccc12. The fourth-order valence-corrected chi connectivity index (χ4v) is 3.19. The van der Waals surface area contributed by atoms with Gasteiger partial charge >= 0.3 is 0 Å². The predicted molar refractivity (Wildman–Crippen MR) is 93.7 cm³/mol. The maximum atomic E-state index is 11.4. The molecule has 0 spiro atoms. The summed E-state index contributed by atoms with van der Waals surface area (Å²) < 4.78 is 11.9. The van der Waals surface area contributed by atoms with Crippen LogP contribution in [0.25, 0.3) is 10.8 Å². The highest BCUT2D eigenvalue weighted by Crippen LogP contribution is 2.41. The van der Waals surface area contributed by atoms with Gasteiger partial charge in [-0.25, -0.2) is 0 Å². The highest BCUT2D eigenvalue weighted by Gasteiger charge is 2.39. The summed E-state index contributed by atoms with van der Waals surface area (Å²) in [5, 5.41) is 1.83. The Labute approximate surface area is 133 Å². The molecule has 0 radical (unpaired) electrons. The molecule has 3 nitrogen and oxygen atoms in total. The molecule has 0 unspecified atom stereocenters. The number of hydrogen-bond donors (Lipinski definition) is 0. The van der Waals surface area contributed by atoms with E-state index in [2.05, 4.69) is 33.9 Å². The number of benzene rings is 2. The Morgan fingerprint density at radius 3 is 2.27 bits per heavy atom. The summed E-state index contributed by atoms with van der Waals surface area (Å²) in [6, 6.07) is 9.45. The van der Waals surface area contributed by atoms with Crippen molar-refractivity contribution in [3.63, 3.8) is 0 Å². The quantitative estimate of drug-likeness (QED) is 0.585. The maximum Gasteiger partial charge on any atom is 0.250 e. The van der Waals surface area contributed by atoms with Gasteiger partial charge in [-0.15, -0.1) is 0 Å². The van der Waals surface area contributed by atoms with Crippen molar-refractivity contribution in [2.45, 2.75) is 38.9 Å². The van der Waals surface area contributed by atoms with E-state index in [1.54, 1.807) is 13.2 Å². The second kappa shape index (κ2) is 5.76. The fourth-order valence-electron chi connectivity index (χ4n) is 2.16. The first-order valence-corrected chi connectivity index (χ1v) is 10.4. The van der Waals surface area contributed by atoms with Crippen LogP contribution in [0, 0.1) is 0 Å². The molecule has 0 N–H and O–H groups in total. The zero-order chi connectivity index (χ0) is 16.5. The molecule has 118 valence electrons. The number of hydrogen-bond acceptors (Lipinski definition) is 3. The average molecular weight is 316 g/mol. The molecule has 0 saturated heterocycles. The Morgan fingerprint density at radius 1 is 1.05 bits per heavy atom. The summed E-state index contributed by atoms with van der Waals surface area (Å²) in [6.45, 7) is 11.0. The number of fused-ring (bicyclic) bond motifs is 1. The van der Waals surface area contributed by atoms with Crippen LogP contribution in [0.15, 0.2) is 30.3 Å². The number of carbonyl (C=O) groups is 1. The number of aldehydes is 1. The van der Waals surface area contributed by atoms with Crippen molar-refractivity contribution in [2.24, 2.45) is 0 Å². The first-order valence-electron chi connectivity index (χ1n) is 7.45. The fraction of sp³-hybridized carbons (Fsp3) is 0.389. The van der Waals surface area contributed by atoms with Crippen LogP contribution in [0.5, 0.6) is 11.5 Å². The molecule has 0 atom stereocenters. The van der Waals surface area contributed by atoms with Crippen molar-refractivity contribution in [2.75, 3.05) is 7.11 Å². The van der Waals surface area contributed by atoms with Crippen LogP contribution in [-0.4, -0.2) is 21.7 Å². The summed E-state index contributed by atoms with van der Waals surface area (Å²) in [7, 11) is -0.347. The largest absolute Gasteiger partial charge is 0.543 e. The summed E-state index contributed by atoms with van der Waals surface area (Å²) >= 11 is 0. The summed E-state index contributed by atoms with van der Waals surface area (Å²) in [6.07, 6.45) is 0.875. The van der Waals surface area contributed by atoms with Crippen LogP contribution in [-0.2, 0) is 0 Å². The minimum Gasteiger partial charge on any atom is -0.543 e. The van der Waals surface area contributed by atoms with E-state index in [1.807, 2.05) is 24.3 Å². The standard InChI is InChI=1S/C18H24O3Si/c1-18(2,3)22(5,6)21-16-9-7-8-14-15(20-4)11-10-13(12-19)17(14)16/h7-12H,1-6H3. The Hall–Kier alpha value is -1.81. The van der Waals surface area contributed by atoms with Crippen LogP contribution >= 0.6 is 0 Å². The lowest BCUT2D eigenvalue weighted by atomic mass is 10.0. The van der Waals surface area contributed by atoms with Gasteiger partial charge in [-0.1, -0.05) is 32.9 Å². The molecule has 0 aliphatic rings. The van der Waals surface area contributed by atoms with Crippen LogP contribution < -0.4 is 9.16 Å². The number of ether oxygens (including phenoxy) is 1. The van der Waals surface area contributed by atoms with Gasteiger partial charge in [0.25, 0.3) is 8.32 Å². The van der Waals surface area contributed by atoms with E-state index in [4.69, 9.17) is 9.16 Å². The lowest BCUT2D eigenvalue weighted by molar-refractivity contribution is 0.112. The van der Waals surface area contributed by atoms with E-state index >= 15 is 0 Å². The first-order chi connectivity index (χ1) is 10.2. The monoisotopic (exact) mass is 316 g/mol. The minimum absolute atomic E-state index is 0.0926. The van der Waals surface area contributed by atoms with E-state index in [-0.39, 0.29) is 5.04 Å². The van der Waals surface area contributed by atoms with Gasteiger partial charge in [-0.3, -0.25) is 4.79 Å². The van der Waals surface area contributed by atoms with Crippen molar-refractivity contribution in [1.29, 1.82) is 0 Å². The Kier molecular flexibility index (Phi) is 4.34. The smallest absolute Gasteiger partial charge is 0.250 e. The molecule has 22 heavy (non-hydrogen) atoms. The second-order valence-electron chi connectivity index (χ2n) is 7.02. The molecule has 2 aromatic carbocycles. The van der Waals surface area contributed by atoms with E-state index in [1.165, 1.54) is 0 Å². The average Bonchev–Trinajstić information content (AvgIpc) is 2.44. The van der Waals surface area contributed by atoms with Gasteiger partial charge < -0.3 is 9.16 Å². The van der Waals surface area contributed by atoms with Gasteiger partial charge in [0.1, 0.15) is 11.5 Å². The van der Waals surface area contributed by atoms with Gasteiger partial charge in [-0.05, 0) is 36.3 Å². The van der Waals surface area contributed by atoms with Crippen molar-refractivity contribution < 1.29 is 14.0 Å². The molecule has 2 aromatic rings. The lowest BCUT2D eigenvalue weighted by Gasteiger charge is -2.36. The molecule has 0 fully saturated rings. The van der Waals surface area contributed by atoms with E-state index in [0.29, 0.717) is 5.56 Å². The van der Waals surface area contributed by atoms with Crippen molar-refractivity contribution >= 4 is 25.4 Å². The number of rotatable bonds is 4. The molecule has 0 aromatic heterocycles. The minimum atomic E-state index is -1.98. The summed E-state index contributed by atoms with van der Waals surface area (Å²) in [5.41, 5.74) is 0.630. The summed E-state index contributed by atoms with van der Waals surface area (Å²) in [4.78, 5) is 11.4. The van der Waals surface area contributed by atoms with Crippen molar-refractivity contribution in [3.05, 3.63) is 35.9 Å². The third-order valence-electron chi connectivity index (χ3n) is 4.51. The van der Waals surface area contributed by atoms with Gasteiger partial charge in [0.05, 0.1) is 7.11 Å². The van der Waals surface area contributed by atoms with E-state index < -0.39 is 8.32 Å². The van der Waals surface area contributed by atoms with Crippen LogP contribution in [0.2, 0.25) is 18.1 Å². The predicted octanol–water partition coefficient (Wildman–Crippen LogP) is 5.04. The third kappa shape index (κ3) is 2.88. The first kappa shape index (κ1) is 16.6. The highest BCUT2D eigenvalue weighted by molar-refractivity contribution is 6.74. The van der Waals surface area contributed by atoms with E-state index in [9.17, 15) is 4.79 Å². The van der Waals surface area contributed by atoms with Crippen LogP contribution in [0.4, 0.5) is 0 Å². The zero-order valence-corrected chi connectivity index (χ0v) is 15.2. The summed E-state index contributed by atoms with van der Waals surface area (Å²) in [5.74, 6) is 1.52. The van der Waals surface area contributed by atoms with Gasteiger partial charge in [0.15, 0.2) is 6.29 Å². The molecule has 0 aliphatic carbocycles. The maximum absolute atomic E-state index is 11.4. The molecule has 0 heterocycles. The lowest BCUT2D eigenvalue weighted by Crippen LogP contribution is -2.43. The molecular formula is C18H24O3Si. The second-order valence-corrected chi connectivity index (χ2v) is 11.7. The molecule has 0 bridgehead atoms. The highest BCUT2D eigenvalue weighted by atomic mass is 28.4. The number of methoxy groups -OCH3 is 1. The molecule has 0 aliphatic heterocycles. The topological polar surface area (TPSA) is 35.5 Å². The molecule has 2 rings (SSSR count). The zero-order valence-electron chi connectivity index (χ0n) is 14.2. The van der Waals surface area contributed by atoms with Crippen molar-refractivity contribution in [1.82, 2.24) is 0 Å². The van der Waals surface area contributed by atoms with Crippen molar-refractivity contribution in [3.8, 4) is 11.5 Å². The molecule has 0 amide bonds. The third-order valence-corrected chi connectivity index (χ3v) is 8.86. The Balaban J connectivity index is 2.67. The normalized spacial score (nSPS) is 12.3. The Bertz CT molecular complexity index is 699. The Morgan fingerprint density at radius 2 is 1.73 bits per heavy atom.